The Bertz CT molecular complexity index is 484. The van der Waals surface area contributed by atoms with Crippen molar-refractivity contribution in [3.05, 3.63) is 18.2 Å². The van der Waals surface area contributed by atoms with E-state index in [9.17, 15) is 0 Å². The van der Waals surface area contributed by atoms with Crippen LogP contribution < -0.4 is 20.1 Å². The highest BCUT2D eigenvalue weighted by Gasteiger charge is 2.06. The van der Waals surface area contributed by atoms with Gasteiger partial charge in [0.25, 0.3) is 0 Å². The van der Waals surface area contributed by atoms with E-state index in [1.165, 1.54) is 0 Å². The van der Waals surface area contributed by atoms with Gasteiger partial charge in [-0.3, -0.25) is 4.99 Å². The summed E-state index contributed by atoms with van der Waals surface area (Å²) in [5.74, 6) is 2.11. The molecule has 0 heterocycles. The number of unbranched alkanes of at least 4 members (excludes halogenated alkanes) is 1. The van der Waals surface area contributed by atoms with E-state index < -0.39 is 0 Å². The molecule has 0 saturated carbocycles. The molecule has 1 aromatic carbocycles. The Hall–Kier alpha value is -1.22. The maximum atomic E-state index is 5.52. The predicted octanol–water partition coefficient (Wildman–Crippen LogP) is 3.52. The van der Waals surface area contributed by atoms with Gasteiger partial charge in [0, 0.05) is 32.0 Å². The maximum absolute atomic E-state index is 5.52. The molecular weight excluding hydrogens is 421 g/mol. The molecule has 0 aromatic heterocycles. The van der Waals surface area contributed by atoms with Crippen molar-refractivity contribution in [1.82, 2.24) is 5.32 Å². The summed E-state index contributed by atoms with van der Waals surface area (Å²) in [4.78, 5) is 4.20. The molecule has 1 aromatic rings. The molecule has 0 spiro atoms. The van der Waals surface area contributed by atoms with Crippen LogP contribution in [0.5, 0.6) is 11.5 Å². The number of guanidine groups is 1. The number of nitrogens with one attached hydrogen (secondary N) is 2. The first kappa shape index (κ1) is 22.8. The lowest BCUT2D eigenvalue weighted by Gasteiger charge is -2.14. The third kappa shape index (κ3) is 8.58. The van der Waals surface area contributed by atoms with Gasteiger partial charge in [0.15, 0.2) is 17.5 Å². The number of aliphatic imine (C=N–C) groups is 1. The first-order valence-electron chi connectivity index (χ1n) is 8.11. The van der Waals surface area contributed by atoms with Gasteiger partial charge >= 0.3 is 0 Å². The van der Waals surface area contributed by atoms with Crippen LogP contribution in [-0.4, -0.2) is 46.5 Å². The van der Waals surface area contributed by atoms with Gasteiger partial charge < -0.3 is 24.8 Å². The van der Waals surface area contributed by atoms with Crippen molar-refractivity contribution >= 4 is 35.6 Å². The Balaban J connectivity index is 0.00000529. The number of hydrogen-bond donors (Lipinski definition) is 2. The Morgan fingerprint density at radius 2 is 1.96 bits per heavy atom. The van der Waals surface area contributed by atoms with E-state index >= 15 is 0 Å². The number of hydrogen-bond acceptors (Lipinski definition) is 4. The summed E-state index contributed by atoms with van der Waals surface area (Å²) in [6.07, 6.45) is 2.25. The summed E-state index contributed by atoms with van der Waals surface area (Å²) in [6.45, 7) is 6.87. The molecule has 0 atom stereocenters. The lowest BCUT2D eigenvalue weighted by molar-refractivity contribution is 0.136. The number of nitrogens with zero attached hydrogens (tertiary/aromatic N) is 1. The van der Waals surface area contributed by atoms with Gasteiger partial charge in [-0.05, 0) is 25.5 Å². The van der Waals surface area contributed by atoms with Crippen molar-refractivity contribution in [1.29, 1.82) is 0 Å². The summed E-state index contributed by atoms with van der Waals surface area (Å²) in [5, 5.41) is 6.44. The number of rotatable bonds is 10. The van der Waals surface area contributed by atoms with E-state index in [0.29, 0.717) is 31.5 Å². The molecule has 7 heteroatoms. The molecule has 0 aliphatic rings. The standard InChI is InChI=1S/C17H29N3O3.HI/c1-5-7-11-22-12-10-19-17(18-3)20-14-8-9-15(23-6-2)16(13-14)21-4;/h8-9,13H,5-7,10-12H2,1-4H3,(H2,18,19,20);1H. The summed E-state index contributed by atoms with van der Waals surface area (Å²) >= 11 is 0. The number of anilines is 1. The van der Waals surface area contributed by atoms with Crippen LogP contribution in [0.25, 0.3) is 0 Å². The van der Waals surface area contributed by atoms with Gasteiger partial charge in [0.2, 0.25) is 0 Å². The van der Waals surface area contributed by atoms with E-state index in [1.807, 2.05) is 25.1 Å². The summed E-state index contributed by atoms with van der Waals surface area (Å²) in [5.41, 5.74) is 0.880. The first-order valence-corrected chi connectivity index (χ1v) is 8.11. The van der Waals surface area contributed by atoms with E-state index in [0.717, 1.165) is 30.9 Å². The molecule has 0 fully saturated rings. The van der Waals surface area contributed by atoms with Crippen molar-refractivity contribution in [2.45, 2.75) is 26.7 Å². The number of methoxy groups -OCH3 is 1. The molecule has 0 unspecified atom stereocenters. The lowest BCUT2D eigenvalue weighted by Crippen LogP contribution is -2.33. The zero-order valence-electron chi connectivity index (χ0n) is 15.1. The van der Waals surface area contributed by atoms with Crippen LogP contribution >= 0.6 is 24.0 Å². The minimum absolute atomic E-state index is 0. The average molecular weight is 451 g/mol. The van der Waals surface area contributed by atoms with Gasteiger partial charge in [0.05, 0.1) is 20.3 Å². The SMILES string of the molecule is CCCCOCCNC(=NC)Nc1ccc(OCC)c(OC)c1.I. The van der Waals surface area contributed by atoms with Crippen molar-refractivity contribution in [2.24, 2.45) is 4.99 Å². The quantitative estimate of drug-likeness (QED) is 0.247. The Labute approximate surface area is 162 Å². The third-order valence-corrected chi connectivity index (χ3v) is 3.13. The van der Waals surface area contributed by atoms with Crippen LogP contribution in [0.4, 0.5) is 5.69 Å². The largest absolute Gasteiger partial charge is 0.493 e. The van der Waals surface area contributed by atoms with E-state index in [4.69, 9.17) is 14.2 Å². The highest BCUT2D eigenvalue weighted by Crippen LogP contribution is 2.30. The van der Waals surface area contributed by atoms with Crippen molar-refractivity contribution in [3.63, 3.8) is 0 Å². The van der Waals surface area contributed by atoms with Gasteiger partial charge in [-0.1, -0.05) is 13.3 Å². The van der Waals surface area contributed by atoms with E-state index in [1.54, 1.807) is 14.2 Å². The second-order valence-electron chi connectivity index (χ2n) is 4.89. The normalized spacial score (nSPS) is 10.8. The predicted molar refractivity (Wildman–Crippen MR) is 110 cm³/mol. The molecule has 138 valence electrons. The molecule has 0 radical (unpaired) electrons. The van der Waals surface area contributed by atoms with Crippen LogP contribution in [0.2, 0.25) is 0 Å². The first-order chi connectivity index (χ1) is 11.2. The van der Waals surface area contributed by atoms with Gasteiger partial charge in [-0.25, -0.2) is 0 Å². The van der Waals surface area contributed by atoms with Crippen LogP contribution in [0, 0.1) is 0 Å². The van der Waals surface area contributed by atoms with Crippen molar-refractivity contribution < 1.29 is 14.2 Å². The van der Waals surface area contributed by atoms with Crippen LogP contribution in [0.15, 0.2) is 23.2 Å². The summed E-state index contributed by atoms with van der Waals surface area (Å²) in [7, 11) is 3.36. The minimum atomic E-state index is 0. The van der Waals surface area contributed by atoms with Gasteiger partial charge in [-0.2, -0.15) is 0 Å². The topological polar surface area (TPSA) is 64.1 Å². The van der Waals surface area contributed by atoms with Crippen LogP contribution in [-0.2, 0) is 4.74 Å². The lowest BCUT2D eigenvalue weighted by atomic mass is 10.2. The molecule has 2 N–H and O–H groups in total. The van der Waals surface area contributed by atoms with Crippen LogP contribution in [0.3, 0.4) is 0 Å². The van der Waals surface area contributed by atoms with Gasteiger partial charge in [0.1, 0.15) is 0 Å². The monoisotopic (exact) mass is 451 g/mol. The van der Waals surface area contributed by atoms with Crippen molar-refractivity contribution in [3.8, 4) is 11.5 Å². The molecule has 24 heavy (non-hydrogen) atoms. The van der Waals surface area contributed by atoms with E-state index in [-0.39, 0.29) is 24.0 Å². The number of benzene rings is 1. The van der Waals surface area contributed by atoms with Crippen LogP contribution in [0.1, 0.15) is 26.7 Å². The summed E-state index contributed by atoms with van der Waals surface area (Å²) in [6, 6.07) is 5.69. The number of halogens is 1. The molecule has 0 bridgehead atoms. The maximum Gasteiger partial charge on any atom is 0.195 e. The van der Waals surface area contributed by atoms with E-state index in [2.05, 4.69) is 22.5 Å². The van der Waals surface area contributed by atoms with Gasteiger partial charge in [-0.15, -0.1) is 24.0 Å². The Kier molecular flexibility index (Phi) is 13.4. The average Bonchev–Trinajstić information content (AvgIpc) is 2.58. The minimum Gasteiger partial charge on any atom is -0.493 e. The smallest absolute Gasteiger partial charge is 0.195 e. The second kappa shape index (κ2) is 14.2. The highest BCUT2D eigenvalue weighted by molar-refractivity contribution is 14.0. The molecule has 0 amide bonds. The zero-order chi connectivity index (χ0) is 16.9. The fourth-order valence-corrected chi connectivity index (χ4v) is 1.93. The fraction of sp³-hybridized carbons (Fsp3) is 0.588. The Morgan fingerprint density at radius 3 is 2.58 bits per heavy atom. The second-order valence-corrected chi connectivity index (χ2v) is 4.89. The highest BCUT2D eigenvalue weighted by atomic mass is 127. The molecular formula is C17H30IN3O3. The molecule has 0 saturated heterocycles. The fourth-order valence-electron chi connectivity index (χ4n) is 1.93. The summed E-state index contributed by atoms with van der Waals surface area (Å²) < 4.78 is 16.4. The molecule has 1 rings (SSSR count). The van der Waals surface area contributed by atoms with Crippen molar-refractivity contribution in [2.75, 3.05) is 45.8 Å². The Morgan fingerprint density at radius 1 is 1.17 bits per heavy atom. The third-order valence-electron chi connectivity index (χ3n) is 3.13. The zero-order valence-corrected chi connectivity index (χ0v) is 17.4. The molecule has 0 aliphatic heterocycles. The molecule has 0 aliphatic carbocycles. The molecule has 6 nitrogen and oxygen atoms in total. The number of ether oxygens (including phenoxy) is 3.